The number of nitrogen functional groups attached to an aromatic ring is 1. The van der Waals surface area contributed by atoms with E-state index in [9.17, 15) is 8.42 Å². The van der Waals surface area contributed by atoms with Gasteiger partial charge in [0.05, 0.1) is 12.4 Å². The number of H-pyrrole nitrogens is 1. The molecule has 0 atom stereocenters. The number of anilines is 1. The molecule has 0 unspecified atom stereocenters. The number of hydrogen-bond acceptors (Lipinski definition) is 8. The molecule has 0 aliphatic rings. The maximum absolute atomic E-state index is 11.9. The summed E-state index contributed by atoms with van der Waals surface area (Å²) in [5.74, 6) is 5.96. The third-order valence-corrected chi connectivity index (χ3v) is 3.83. The number of hydrazine groups is 1. The van der Waals surface area contributed by atoms with Crippen LogP contribution in [0.15, 0.2) is 23.6 Å². The first kappa shape index (κ1) is 14.3. The summed E-state index contributed by atoms with van der Waals surface area (Å²) < 4.78 is 26.3. The predicted octanol–water partition coefficient (Wildman–Crippen LogP) is -1.21. The van der Waals surface area contributed by atoms with Crippen molar-refractivity contribution < 1.29 is 8.42 Å². The number of nitrogens with two attached hydrogens (primary N) is 1. The number of nitrogens with one attached hydrogen (secondary N) is 3. The number of aromatic amines is 1. The molecular weight excluding hydrogens is 284 g/mol. The van der Waals surface area contributed by atoms with E-state index in [4.69, 9.17) is 5.84 Å². The molecule has 10 nitrogen and oxygen atoms in total. The maximum Gasteiger partial charge on any atom is 0.243 e. The number of nitrogens with zero attached hydrogens (tertiary/aromatic N) is 4. The molecule has 108 valence electrons. The molecule has 0 saturated carbocycles. The van der Waals surface area contributed by atoms with Crippen LogP contribution < -0.4 is 16.0 Å². The Hall–Kier alpha value is -2.11. The lowest BCUT2D eigenvalue weighted by atomic mass is 10.3. The van der Waals surface area contributed by atoms with Crippen molar-refractivity contribution in [1.29, 1.82) is 0 Å². The van der Waals surface area contributed by atoms with Gasteiger partial charge in [-0.3, -0.25) is 10.5 Å². The quantitative estimate of drug-likeness (QED) is 0.282. The fourth-order valence-corrected chi connectivity index (χ4v) is 2.39. The number of rotatable bonds is 7. The van der Waals surface area contributed by atoms with E-state index < -0.39 is 10.0 Å². The molecule has 0 radical (unpaired) electrons. The number of sulfonamides is 1. The van der Waals surface area contributed by atoms with Crippen LogP contribution in [-0.2, 0) is 16.4 Å². The van der Waals surface area contributed by atoms with Crippen molar-refractivity contribution in [3.63, 3.8) is 0 Å². The molecule has 0 saturated heterocycles. The lowest BCUT2D eigenvalue weighted by Crippen LogP contribution is -2.25. The van der Waals surface area contributed by atoms with E-state index in [0.717, 1.165) is 0 Å². The number of aryl methyl sites for hydroxylation is 1. The summed E-state index contributed by atoms with van der Waals surface area (Å²) in [6.45, 7) is 0.278. The minimum absolute atomic E-state index is 0.0174. The molecule has 0 fully saturated rings. The Bertz CT molecular complexity index is 624. The van der Waals surface area contributed by atoms with E-state index in [1.807, 2.05) is 0 Å². The van der Waals surface area contributed by atoms with Crippen molar-refractivity contribution in [2.45, 2.75) is 17.7 Å². The Morgan fingerprint density at radius 2 is 2.00 bits per heavy atom. The monoisotopic (exact) mass is 298 g/mol. The van der Waals surface area contributed by atoms with Crippen LogP contribution in [0.25, 0.3) is 0 Å². The van der Waals surface area contributed by atoms with Crippen LogP contribution >= 0.6 is 0 Å². The third-order valence-electron chi connectivity index (χ3n) is 2.41. The van der Waals surface area contributed by atoms with Crippen LogP contribution in [0.1, 0.15) is 12.2 Å². The average molecular weight is 298 g/mol. The van der Waals surface area contributed by atoms with Crippen LogP contribution in [0.5, 0.6) is 0 Å². The Morgan fingerprint density at radius 1 is 1.25 bits per heavy atom. The number of aromatic nitrogens is 5. The molecule has 2 rings (SSSR count). The van der Waals surface area contributed by atoms with Crippen molar-refractivity contribution in [1.82, 2.24) is 29.9 Å². The second-order valence-corrected chi connectivity index (χ2v) is 5.59. The number of hydrogen-bond donors (Lipinski definition) is 4. The second-order valence-electron chi connectivity index (χ2n) is 3.82. The van der Waals surface area contributed by atoms with Gasteiger partial charge >= 0.3 is 0 Å². The first-order chi connectivity index (χ1) is 9.62. The molecule has 0 bridgehead atoms. The molecule has 0 spiro atoms. The van der Waals surface area contributed by atoms with E-state index in [2.05, 4.69) is 35.3 Å². The van der Waals surface area contributed by atoms with Crippen molar-refractivity contribution in [3.8, 4) is 0 Å². The van der Waals surface area contributed by atoms with E-state index in [1.165, 1.54) is 18.7 Å². The van der Waals surface area contributed by atoms with Crippen LogP contribution in [0, 0.1) is 0 Å². The van der Waals surface area contributed by atoms with Gasteiger partial charge < -0.3 is 0 Å². The largest absolute Gasteiger partial charge is 0.292 e. The highest BCUT2D eigenvalue weighted by Crippen LogP contribution is 2.06. The lowest BCUT2D eigenvalue weighted by Gasteiger charge is -2.06. The molecule has 0 aliphatic carbocycles. The van der Waals surface area contributed by atoms with Gasteiger partial charge in [-0.05, 0) is 6.42 Å². The maximum atomic E-state index is 11.9. The SMILES string of the molecule is NNc1ncc(S(=O)(=O)NCCCc2ncn[nH]2)cn1. The van der Waals surface area contributed by atoms with Gasteiger partial charge in [-0.25, -0.2) is 33.9 Å². The van der Waals surface area contributed by atoms with Gasteiger partial charge in [0.25, 0.3) is 0 Å². The minimum atomic E-state index is -3.62. The molecule has 5 N–H and O–H groups in total. The van der Waals surface area contributed by atoms with Crippen molar-refractivity contribution in [3.05, 3.63) is 24.5 Å². The second kappa shape index (κ2) is 6.36. The first-order valence-corrected chi connectivity index (χ1v) is 7.23. The molecule has 20 heavy (non-hydrogen) atoms. The van der Waals surface area contributed by atoms with E-state index in [1.54, 1.807) is 0 Å². The summed E-state index contributed by atoms with van der Waals surface area (Å²) >= 11 is 0. The average Bonchev–Trinajstić information content (AvgIpc) is 2.97. The molecule has 0 aromatic carbocycles. The Labute approximate surface area is 115 Å². The van der Waals surface area contributed by atoms with E-state index >= 15 is 0 Å². The minimum Gasteiger partial charge on any atom is -0.292 e. The first-order valence-electron chi connectivity index (χ1n) is 5.74. The highest BCUT2D eigenvalue weighted by Gasteiger charge is 2.14. The van der Waals surface area contributed by atoms with Crippen LogP contribution in [-0.4, -0.2) is 40.1 Å². The van der Waals surface area contributed by atoms with E-state index in [-0.39, 0.29) is 17.4 Å². The summed E-state index contributed by atoms with van der Waals surface area (Å²) in [6.07, 6.45) is 4.97. The van der Waals surface area contributed by atoms with Gasteiger partial charge in [-0.1, -0.05) is 0 Å². The smallest absolute Gasteiger partial charge is 0.243 e. The Balaban J connectivity index is 1.86. The van der Waals surface area contributed by atoms with Crippen LogP contribution in [0.3, 0.4) is 0 Å². The van der Waals surface area contributed by atoms with Gasteiger partial charge in [0.2, 0.25) is 16.0 Å². The van der Waals surface area contributed by atoms with Crippen LogP contribution in [0.4, 0.5) is 5.95 Å². The summed E-state index contributed by atoms with van der Waals surface area (Å²) in [4.78, 5) is 11.4. The standard InChI is InChI=1S/C9H14N8O2S/c10-16-9-11-4-7(5-12-9)20(18,19)15-3-1-2-8-13-6-14-17-8/h4-6,15H,1-3,10H2,(H,11,12,16)(H,13,14,17). The zero-order valence-corrected chi connectivity index (χ0v) is 11.3. The lowest BCUT2D eigenvalue weighted by molar-refractivity contribution is 0.577. The Kier molecular flexibility index (Phi) is 4.55. The van der Waals surface area contributed by atoms with E-state index in [0.29, 0.717) is 18.7 Å². The molecule has 2 aromatic heterocycles. The highest BCUT2D eigenvalue weighted by molar-refractivity contribution is 7.89. The van der Waals surface area contributed by atoms with Crippen molar-refractivity contribution in [2.75, 3.05) is 12.0 Å². The molecule has 11 heteroatoms. The summed E-state index contributed by atoms with van der Waals surface area (Å²) in [6, 6.07) is 0. The van der Waals surface area contributed by atoms with Crippen molar-refractivity contribution in [2.24, 2.45) is 5.84 Å². The van der Waals surface area contributed by atoms with Crippen molar-refractivity contribution >= 4 is 16.0 Å². The fourth-order valence-electron chi connectivity index (χ4n) is 1.43. The molecule has 2 aromatic rings. The molecule has 0 aliphatic heterocycles. The third kappa shape index (κ3) is 3.69. The molecule has 2 heterocycles. The van der Waals surface area contributed by atoms with Gasteiger partial charge in [0.1, 0.15) is 17.0 Å². The predicted molar refractivity (Wildman–Crippen MR) is 69.7 cm³/mol. The van der Waals surface area contributed by atoms with Gasteiger partial charge in [0.15, 0.2) is 0 Å². The molecule has 0 amide bonds. The van der Waals surface area contributed by atoms with Crippen LogP contribution in [0.2, 0.25) is 0 Å². The summed E-state index contributed by atoms with van der Waals surface area (Å²) in [5.41, 5.74) is 2.22. The highest BCUT2D eigenvalue weighted by atomic mass is 32.2. The summed E-state index contributed by atoms with van der Waals surface area (Å²) in [7, 11) is -3.62. The van der Waals surface area contributed by atoms with Gasteiger partial charge in [-0.2, -0.15) is 5.10 Å². The summed E-state index contributed by atoms with van der Waals surface area (Å²) in [5, 5.41) is 6.41. The molecular formula is C9H14N8O2S. The van der Waals surface area contributed by atoms with Gasteiger partial charge in [-0.15, -0.1) is 0 Å². The zero-order chi connectivity index (χ0) is 14.4. The fraction of sp³-hybridized carbons (Fsp3) is 0.333. The van der Waals surface area contributed by atoms with Gasteiger partial charge in [0, 0.05) is 13.0 Å². The zero-order valence-electron chi connectivity index (χ0n) is 10.4. The normalized spacial score (nSPS) is 11.4. The Morgan fingerprint density at radius 3 is 2.60 bits per heavy atom. The topological polar surface area (TPSA) is 152 Å².